The van der Waals surface area contributed by atoms with E-state index < -0.39 is 0 Å². The molecule has 1 aliphatic carbocycles. The number of ether oxygens (including phenoxy) is 1. The van der Waals surface area contributed by atoms with Gasteiger partial charge in [0.05, 0.1) is 13.0 Å². The van der Waals surface area contributed by atoms with Crippen LogP contribution < -0.4 is 10.1 Å². The number of methoxy groups -OCH3 is 1. The number of pyridine rings is 1. The number of amides is 1. The number of carbonyl (C=O) groups excluding carboxylic acids is 1. The number of nitrogens with zero attached hydrogens (tertiary/aromatic N) is 1. The second-order valence-corrected chi connectivity index (χ2v) is 6.44. The summed E-state index contributed by atoms with van der Waals surface area (Å²) in [5, 5.41) is 2.97. The largest absolute Gasteiger partial charge is 0.481 e. The number of halogens is 1. The number of hydrogen-bond acceptors (Lipinski definition) is 3. The van der Waals surface area contributed by atoms with Crippen LogP contribution in [0.3, 0.4) is 0 Å². The van der Waals surface area contributed by atoms with Crippen LogP contribution in [0.2, 0.25) is 0 Å². The lowest BCUT2D eigenvalue weighted by molar-refractivity contribution is -0.122. The quantitative estimate of drug-likeness (QED) is 0.830. The first-order chi connectivity index (χ1) is 12.1. The highest BCUT2D eigenvalue weighted by molar-refractivity contribution is 5.83. The lowest BCUT2D eigenvalue weighted by Gasteiger charge is -2.16. The summed E-state index contributed by atoms with van der Waals surface area (Å²) in [7, 11) is 1.58. The Labute approximate surface area is 147 Å². The van der Waals surface area contributed by atoms with Gasteiger partial charge in [-0.25, -0.2) is 9.37 Å². The summed E-state index contributed by atoms with van der Waals surface area (Å²) in [6, 6.07) is 8.18. The monoisotopic (exact) mass is 342 g/mol. The lowest BCUT2D eigenvalue weighted by atomic mass is 9.95. The van der Waals surface area contributed by atoms with Crippen LogP contribution in [-0.2, 0) is 11.3 Å². The summed E-state index contributed by atoms with van der Waals surface area (Å²) in [4.78, 5) is 17.0. The van der Waals surface area contributed by atoms with Crippen LogP contribution in [-0.4, -0.2) is 18.0 Å². The summed E-state index contributed by atoms with van der Waals surface area (Å²) < 4.78 is 18.4. The Morgan fingerprint density at radius 3 is 2.68 bits per heavy atom. The molecule has 3 rings (SSSR count). The van der Waals surface area contributed by atoms with E-state index in [1.54, 1.807) is 19.2 Å². The van der Waals surface area contributed by atoms with E-state index in [1.807, 2.05) is 13.1 Å². The molecule has 1 saturated carbocycles. The van der Waals surface area contributed by atoms with Crippen LogP contribution in [0, 0.1) is 5.82 Å². The fourth-order valence-corrected chi connectivity index (χ4v) is 3.04. The van der Waals surface area contributed by atoms with Crippen molar-refractivity contribution in [2.24, 2.45) is 0 Å². The zero-order valence-corrected chi connectivity index (χ0v) is 14.6. The first-order valence-electron chi connectivity index (χ1n) is 8.68. The minimum absolute atomic E-state index is 0.0759. The zero-order chi connectivity index (χ0) is 17.8. The summed E-state index contributed by atoms with van der Waals surface area (Å²) >= 11 is 0. The van der Waals surface area contributed by atoms with Crippen LogP contribution in [0.15, 0.2) is 36.5 Å². The van der Waals surface area contributed by atoms with Crippen LogP contribution >= 0.6 is 0 Å². The van der Waals surface area contributed by atoms with Crippen molar-refractivity contribution in [1.29, 1.82) is 0 Å². The molecule has 1 amide bonds. The number of carbonyl (C=O) groups is 1. The normalized spacial score (nSPS) is 14.8. The molecule has 1 aromatic heterocycles. The van der Waals surface area contributed by atoms with Gasteiger partial charge in [-0.05, 0) is 54.5 Å². The van der Waals surface area contributed by atoms with Crippen molar-refractivity contribution < 1.29 is 13.9 Å². The van der Waals surface area contributed by atoms with Gasteiger partial charge in [0, 0.05) is 18.3 Å². The number of hydrogen-bond donors (Lipinski definition) is 1. The number of nitrogens with one attached hydrogen (secondary N) is 1. The molecular formula is C20H23FN2O2. The molecule has 1 unspecified atom stereocenters. The lowest BCUT2D eigenvalue weighted by Crippen LogP contribution is -2.29. The highest BCUT2D eigenvalue weighted by atomic mass is 19.1. The Hall–Kier alpha value is -2.43. The maximum Gasteiger partial charge on any atom is 0.227 e. The van der Waals surface area contributed by atoms with Crippen LogP contribution in [0.25, 0.3) is 0 Å². The minimum Gasteiger partial charge on any atom is -0.481 e. The summed E-state index contributed by atoms with van der Waals surface area (Å²) in [6.45, 7) is 2.32. The standard InChI is InChI=1S/C20H23FN2O2/c1-3-18(14-6-8-17(21)9-7-14)19(24)22-12-16-10-15(13-4-5-13)11-23-20(16)25-2/h6-11,13,18H,3-5,12H2,1-2H3,(H,22,24). The van der Waals surface area contributed by atoms with Crippen LogP contribution in [0.5, 0.6) is 5.88 Å². The second kappa shape index (κ2) is 7.64. The molecule has 0 spiro atoms. The van der Waals surface area contributed by atoms with Gasteiger partial charge in [-0.2, -0.15) is 0 Å². The highest BCUT2D eigenvalue weighted by Gasteiger charge is 2.25. The van der Waals surface area contributed by atoms with Crippen molar-refractivity contribution in [3.8, 4) is 5.88 Å². The maximum atomic E-state index is 13.1. The van der Waals surface area contributed by atoms with Crippen molar-refractivity contribution in [2.45, 2.75) is 44.6 Å². The van der Waals surface area contributed by atoms with Gasteiger partial charge in [0.25, 0.3) is 0 Å². The molecule has 1 N–H and O–H groups in total. The molecule has 0 aliphatic heterocycles. The Morgan fingerprint density at radius 2 is 2.08 bits per heavy atom. The Morgan fingerprint density at radius 1 is 1.36 bits per heavy atom. The molecule has 2 aromatic rings. The van der Waals surface area contributed by atoms with Crippen molar-refractivity contribution in [3.63, 3.8) is 0 Å². The third-order valence-corrected chi connectivity index (χ3v) is 4.64. The third kappa shape index (κ3) is 4.16. The molecule has 1 aromatic carbocycles. The van der Waals surface area contributed by atoms with E-state index in [1.165, 1.54) is 30.5 Å². The number of benzene rings is 1. The minimum atomic E-state index is -0.300. The average Bonchev–Trinajstić information content (AvgIpc) is 3.47. The van der Waals surface area contributed by atoms with Gasteiger partial charge in [-0.1, -0.05) is 19.1 Å². The Balaban J connectivity index is 1.70. The molecule has 0 radical (unpaired) electrons. The SMILES string of the molecule is CCC(C(=O)NCc1cc(C2CC2)cnc1OC)c1ccc(F)cc1. The van der Waals surface area contributed by atoms with Gasteiger partial charge in [0.1, 0.15) is 5.82 Å². The fraction of sp³-hybridized carbons (Fsp3) is 0.400. The van der Waals surface area contributed by atoms with Crippen molar-refractivity contribution in [1.82, 2.24) is 10.3 Å². The van der Waals surface area contributed by atoms with Gasteiger partial charge in [-0.3, -0.25) is 4.79 Å². The average molecular weight is 342 g/mol. The number of rotatable bonds is 7. The molecule has 1 atom stereocenters. The number of aromatic nitrogens is 1. The van der Waals surface area contributed by atoms with Crippen molar-refractivity contribution >= 4 is 5.91 Å². The fourth-order valence-electron chi connectivity index (χ4n) is 3.04. The maximum absolute atomic E-state index is 13.1. The predicted molar refractivity (Wildman–Crippen MR) is 94.0 cm³/mol. The second-order valence-electron chi connectivity index (χ2n) is 6.44. The third-order valence-electron chi connectivity index (χ3n) is 4.64. The molecule has 1 fully saturated rings. The van der Waals surface area contributed by atoms with E-state index in [-0.39, 0.29) is 17.6 Å². The summed E-state index contributed by atoms with van der Waals surface area (Å²) in [5.41, 5.74) is 2.91. The van der Waals surface area contributed by atoms with Gasteiger partial charge in [0.15, 0.2) is 0 Å². The first kappa shape index (κ1) is 17.4. The smallest absolute Gasteiger partial charge is 0.227 e. The van der Waals surface area contributed by atoms with Gasteiger partial charge in [-0.15, -0.1) is 0 Å². The molecule has 0 saturated heterocycles. The molecule has 1 heterocycles. The highest BCUT2D eigenvalue weighted by Crippen LogP contribution is 2.40. The summed E-state index contributed by atoms with van der Waals surface area (Å²) in [5.74, 6) is 0.459. The van der Waals surface area contributed by atoms with Crippen molar-refractivity contribution in [2.75, 3.05) is 7.11 Å². The van der Waals surface area contributed by atoms with E-state index >= 15 is 0 Å². The molecular weight excluding hydrogens is 319 g/mol. The van der Waals surface area contributed by atoms with Crippen molar-refractivity contribution in [3.05, 3.63) is 59.0 Å². The van der Waals surface area contributed by atoms with Gasteiger partial charge >= 0.3 is 0 Å². The van der Waals surface area contributed by atoms with Crippen LogP contribution in [0.4, 0.5) is 4.39 Å². The van der Waals surface area contributed by atoms with E-state index in [2.05, 4.69) is 16.4 Å². The molecule has 25 heavy (non-hydrogen) atoms. The Bertz CT molecular complexity index is 742. The molecule has 132 valence electrons. The Kier molecular flexibility index (Phi) is 5.31. The predicted octanol–water partition coefficient (Wildman–Crippen LogP) is 3.92. The van der Waals surface area contributed by atoms with E-state index in [9.17, 15) is 9.18 Å². The van der Waals surface area contributed by atoms with E-state index in [4.69, 9.17) is 4.74 Å². The topological polar surface area (TPSA) is 51.2 Å². The van der Waals surface area contributed by atoms with Gasteiger partial charge < -0.3 is 10.1 Å². The zero-order valence-electron chi connectivity index (χ0n) is 14.6. The molecule has 1 aliphatic rings. The van der Waals surface area contributed by atoms with Gasteiger partial charge in [0.2, 0.25) is 11.8 Å². The first-order valence-corrected chi connectivity index (χ1v) is 8.68. The molecule has 4 nitrogen and oxygen atoms in total. The van der Waals surface area contributed by atoms with Crippen LogP contribution in [0.1, 0.15) is 54.7 Å². The summed E-state index contributed by atoms with van der Waals surface area (Å²) in [6.07, 6.45) is 4.90. The van der Waals surface area contributed by atoms with E-state index in [0.717, 1.165) is 11.1 Å². The molecule has 5 heteroatoms. The van der Waals surface area contributed by atoms with E-state index in [0.29, 0.717) is 24.8 Å². The molecule has 0 bridgehead atoms.